The van der Waals surface area contributed by atoms with Crippen molar-refractivity contribution in [2.24, 2.45) is 0 Å². The molecule has 1 N–H and O–H groups in total. The van der Waals surface area contributed by atoms with Crippen LogP contribution in [0.3, 0.4) is 0 Å². The van der Waals surface area contributed by atoms with Crippen molar-refractivity contribution in [2.45, 2.75) is 19.4 Å². The zero-order chi connectivity index (χ0) is 23.3. The fraction of sp³-hybridized carbons (Fsp3) is 0.273. The number of nitrogens with one attached hydrogen (secondary N) is 1. The molecule has 168 valence electrons. The van der Waals surface area contributed by atoms with E-state index in [1.165, 1.54) is 55.5 Å². The average molecular weight is 443 g/mol. The van der Waals surface area contributed by atoms with Crippen molar-refractivity contribution in [1.82, 2.24) is 10.3 Å². The topological polar surface area (TPSA) is 105 Å². The van der Waals surface area contributed by atoms with Crippen LogP contribution >= 0.6 is 0 Å². The minimum absolute atomic E-state index is 0.106. The lowest BCUT2D eigenvalue weighted by Gasteiger charge is -2.27. The Morgan fingerprint density at radius 2 is 1.84 bits per heavy atom. The summed E-state index contributed by atoms with van der Waals surface area (Å²) in [7, 11) is 2.87. The predicted octanol–water partition coefficient (Wildman–Crippen LogP) is 1.81. The Kier molecular flexibility index (Phi) is 7.04. The summed E-state index contributed by atoms with van der Waals surface area (Å²) in [6.45, 7) is -0.363. The van der Waals surface area contributed by atoms with Gasteiger partial charge in [0.2, 0.25) is 11.8 Å². The molecular weight excluding hydrogens is 421 g/mol. The molecule has 10 heteroatoms. The first-order valence-electron chi connectivity index (χ1n) is 9.74. The highest BCUT2D eigenvalue weighted by Gasteiger charge is 2.24. The van der Waals surface area contributed by atoms with Crippen molar-refractivity contribution in [3.05, 3.63) is 59.4 Å². The van der Waals surface area contributed by atoms with Crippen LogP contribution in [0.25, 0.3) is 0 Å². The number of nitrogens with zero attached hydrogens (tertiary/aromatic N) is 2. The minimum Gasteiger partial charge on any atom is -0.494 e. The molecule has 1 aliphatic heterocycles. The SMILES string of the molecule is COc1ccc(CN(C)C(=O)COC(=O)c2ccc(N3NC(=O)CCC3=O)cc2)cc1F. The fourth-order valence-corrected chi connectivity index (χ4v) is 3.02. The van der Waals surface area contributed by atoms with Crippen LogP contribution in [0.1, 0.15) is 28.8 Å². The van der Waals surface area contributed by atoms with Gasteiger partial charge < -0.3 is 14.4 Å². The molecule has 0 aliphatic carbocycles. The third-order valence-corrected chi connectivity index (χ3v) is 4.80. The summed E-state index contributed by atoms with van der Waals surface area (Å²) in [5, 5.41) is 1.13. The van der Waals surface area contributed by atoms with Gasteiger partial charge in [0.1, 0.15) is 0 Å². The predicted molar refractivity (Wildman–Crippen MR) is 111 cm³/mol. The highest BCUT2D eigenvalue weighted by atomic mass is 19.1. The maximum atomic E-state index is 13.8. The number of hydrazine groups is 1. The number of halogens is 1. The van der Waals surface area contributed by atoms with Crippen LogP contribution in [-0.4, -0.2) is 49.4 Å². The number of hydrogen-bond acceptors (Lipinski definition) is 6. The number of ether oxygens (including phenoxy) is 2. The molecule has 3 amide bonds. The molecule has 1 aliphatic rings. The third kappa shape index (κ3) is 5.39. The Labute approximate surface area is 183 Å². The van der Waals surface area contributed by atoms with Crippen LogP contribution in [0, 0.1) is 5.82 Å². The van der Waals surface area contributed by atoms with E-state index in [-0.39, 0.29) is 42.5 Å². The number of benzene rings is 2. The van der Waals surface area contributed by atoms with E-state index in [1.807, 2.05) is 0 Å². The summed E-state index contributed by atoms with van der Waals surface area (Å²) in [6.07, 6.45) is 0.240. The minimum atomic E-state index is -0.720. The van der Waals surface area contributed by atoms with Gasteiger partial charge in [0.15, 0.2) is 18.2 Å². The Morgan fingerprint density at radius 1 is 1.12 bits per heavy atom. The molecule has 2 aromatic rings. The molecule has 0 radical (unpaired) electrons. The number of rotatable bonds is 7. The summed E-state index contributed by atoms with van der Waals surface area (Å²) >= 11 is 0. The zero-order valence-electron chi connectivity index (χ0n) is 17.6. The highest BCUT2D eigenvalue weighted by molar-refractivity contribution is 6.01. The smallest absolute Gasteiger partial charge is 0.338 e. The van der Waals surface area contributed by atoms with Gasteiger partial charge in [-0.3, -0.25) is 19.8 Å². The number of hydrogen-bond donors (Lipinski definition) is 1. The Hall–Kier alpha value is -3.95. The van der Waals surface area contributed by atoms with Gasteiger partial charge in [-0.1, -0.05) is 6.07 Å². The van der Waals surface area contributed by atoms with Crippen molar-refractivity contribution in [3.8, 4) is 5.75 Å². The standard InChI is InChI=1S/C22H22FN3O6/c1-25(12-14-3-8-18(31-2)17(23)11-14)21(29)13-32-22(30)15-4-6-16(7-5-15)26-20(28)10-9-19(27)24-26/h3-8,11H,9-10,12-13H2,1-2H3,(H,24,27). The fourth-order valence-electron chi connectivity index (χ4n) is 3.02. The van der Waals surface area contributed by atoms with Crippen molar-refractivity contribution < 1.29 is 33.0 Å². The lowest BCUT2D eigenvalue weighted by atomic mass is 10.2. The molecule has 0 atom stereocenters. The normalized spacial score (nSPS) is 13.4. The Morgan fingerprint density at radius 3 is 2.50 bits per heavy atom. The van der Waals surface area contributed by atoms with E-state index in [9.17, 15) is 23.6 Å². The Bertz CT molecular complexity index is 1040. The number of esters is 1. The van der Waals surface area contributed by atoms with Crippen LogP contribution in [0.15, 0.2) is 42.5 Å². The highest BCUT2D eigenvalue weighted by Crippen LogP contribution is 2.19. The molecule has 0 bridgehead atoms. The molecule has 1 heterocycles. The van der Waals surface area contributed by atoms with Gasteiger partial charge >= 0.3 is 5.97 Å². The number of anilines is 1. The second kappa shape index (κ2) is 9.90. The van der Waals surface area contributed by atoms with Gasteiger partial charge in [-0.15, -0.1) is 0 Å². The number of amides is 3. The number of likely N-dealkylation sites (N-methyl/N-ethyl adjacent to an activating group) is 1. The van der Waals surface area contributed by atoms with Crippen LogP contribution in [0.2, 0.25) is 0 Å². The maximum absolute atomic E-state index is 13.8. The molecular formula is C22H22FN3O6. The van der Waals surface area contributed by atoms with Crippen molar-refractivity contribution >= 4 is 29.4 Å². The van der Waals surface area contributed by atoms with E-state index in [4.69, 9.17) is 9.47 Å². The average Bonchev–Trinajstić information content (AvgIpc) is 2.79. The van der Waals surface area contributed by atoms with Crippen LogP contribution in [0.4, 0.5) is 10.1 Å². The molecule has 1 saturated heterocycles. The summed E-state index contributed by atoms with van der Waals surface area (Å²) in [4.78, 5) is 49.2. The van der Waals surface area contributed by atoms with Crippen LogP contribution in [-0.2, 0) is 25.7 Å². The quantitative estimate of drug-likeness (QED) is 0.655. The van der Waals surface area contributed by atoms with E-state index >= 15 is 0 Å². The second-order valence-corrected chi connectivity index (χ2v) is 7.11. The molecule has 0 saturated carbocycles. The van der Waals surface area contributed by atoms with E-state index in [1.54, 1.807) is 6.07 Å². The Balaban J connectivity index is 1.53. The summed E-state index contributed by atoms with van der Waals surface area (Å²) in [6, 6.07) is 10.2. The van der Waals surface area contributed by atoms with E-state index in [0.717, 1.165) is 5.01 Å². The lowest BCUT2D eigenvalue weighted by Crippen LogP contribution is -2.50. The second-order valence-electron chi connectivity index (χ2n) is 7.11. The van der Waals surface area contributed by atoms with E-state index in [2.05, 4.69) is 5.43 Å². The van der Waals surface area contributed by atoms with E-state index in [0.29, 0.717) is 11.3 Å². The molecule has 2 aromatic carbocycles. The van der Waals surface area contributed by atoms with Crippen LogP contribution in [0.5, 0.6) is 5.75 Å². The summed E-state index contributed by atoms with van der Waals surface area (Å²) in [5.41, 5.74) is 3.60. The van der Waals surface area contributed by atoms with Crippen molar-refractivity contribution in [1.29, 1.82) is 0 Å². The van der Waals surface area contributed by atoms with Crippen LogP contribution < -0.4 is 15.2 Å². The first-order valence-corrected chi connectivity index (χ1v) is 9.74. The molecule has 0 aromatic heterocycles. The van der Waals surface area contributed by atoms with Gasteiger partial charge in [-0.25, -0.2) is 14.2 Å². The number of carbonyl (C=O) groups is 4. The monoisotopic (exact) mass is 443 g/mol. The largest absolute Gasteiger partial charge is 0.494 e. The van der Waals surface area contributed by atoms with Gasteiger partial charge in [-0.2, -0.15) is 0 Å². The first-order chi connectivity index (χ1) is 15.3. The molecule has 0 spiro atoms. The zero-order valence-corrected chi connectivity index (χ0v) is 17.6. The van der Waals surface area contributed by atoms with Gasteiger partial charge in [0, 0.05) is 26.4 Å². The lowest BCUT2D eigenvalue weighted by molar-refractivity contribution is -0.133. The first kappa shape index (κ1) is 22.7. The molecule has 1 fully saturated rings. The van der Waals surface area contributed by atoms with Crippen molar-refractivity contribution in [2.75, 3.05) is 25.8 Å². The third-order valence-electron chi connectivity index (χ3n) is 4.80. The van der Waals surface area contributed by atoms with E-state index < -0.39 is 24.3 Å². The molecule has 0 unspecified atom stereocenters. The maximum Gasteiger partial charge on any atom is 0.338 e. The number of carbonyl (C=O) groups excluding carboxylic acids is 4. The molecule has 32 heavy (non-hydrogen) atoms. The molecule has 9 nitrogen and oxygen atoms in total. The van der Waals surface area contributed by atoms with Crippen molar-refractivity contribution in [3.63, 3.8) is 0 Å². The van der Waals surface area contributed by atoms with Gasteiger partial charge in [0.25, 0.3) is 5.91 Å². The summed E-state index contributed by atoms with van der Waals surface area (Å²) < 4.78 is 23.7. The summed E-state index contributed by atoms with van der Waals surface area (Å²) in [5.74, 6) is -2.14. The van der Waals surface area contributed by atoms with Gasteiger partial charge in [-0.05, 0) is 42.0 Å². The van der Waals surface area contributed by atoms with Gasteiger partial charge in [0.05, 0.1) is 18.4 Å². The number of methoxy groups -OCH3 is 1. The molecule has 3 rings (SSSR count).